The van der Waals surface area contributed by atoms with E-state index in [9.17, 15) is 19.5 Å². The van der Waals surface area contributed by atoms with Gasteiger partial charge in [0.2, 0.25) is 4.33 Å². The maximum Gasteiger partial charge on any atom is 0.306 e. The lowest BCUT2D eigenvalue weighted by atomic mass is 9.93. The highest BCUT2D eigenvalue weighted by Gasteiger charge is 2.49. The molecule has 0 aromatic heterocycles. The number of para-hydroxylation sites is 1. The second-order valence-electron chi connectivity index (χ2n) is 11.1. The maximum absolute atomic E-state index is 12.7. The van der Waals surface area contributed by atoms with E-state index in [4.69, 9.17) is 23.2 Å². The smallest absolute Gasteiger partial charge is 0.306 e. The number of unbranched alkanes of at least 4 members (excludes halogenated alkanes) is 15. The van der Waals surface area contributed by atoms with Crippen molar-refractivity contribution in [2.45, 2.75) is 133 Å². The van der Waals surface area contributed by atoms with Crippen LogP contribution in [-0.4, -0.2) is 32.8 Å². The van der Waals surface area contributed by atoms with Gasteiger partial charge in [0.15, 0.2) is 0 Å². The van der Waals surface area contributed by atoms with E-state index in [1.54, 1.807) is 30.3 Å². The van der Waals surface area contributed by atoms with Gasteiger partial charge in [-0.2, -0.15) is 10.1 Å². The van der Waals surface area contributed by atoms with Crippen LogP contribution in [0.25, 0.3) is 0 Å². The summed E-state index contributed by atoms with van der Waals surface area (Å²) in [6.45, 7) is 2.26. The normalized spacial score (nSPS) is 15.3. The third kappa shape index (κ3) is 12.3. The van der Waals surface area contributed by atoms with Crippen LogP contribution in [0.2, 0.25) is 0 Å². The van der Waals surface area contributed by atoms with Crippen LogP contribution in [-0.2, 0) is 14.4 Å². The van der Waals surface area contributed by atoms with Gasteiger partial charge in [0.1, 0.15) is 5.78 Å². The lowest BCUT2D eigenvalue weighted by Crippen LogP contribution is -2.37. The number of ketones is 1. The first kappa shape index (κ1) is 34.3. The number of carboxylic acid groups (broad SMARTS) is 1. The minimum absolute atomic E-state index is 0.0289. The number of alkyl halides is 2. The minimum atomic E-state index is -1.95. The highest BCUT2D eigenvalue weighted by atomic mass is 35.5. The summed E-state index contributed by atoms with van der Waals surface area (Å²) < 4.78 is -1.95. The topological polar surface area (TPSA) is 87.0 Å². The van der Waals surface area contributed by atoms with Crippen molar-refractivity contribution in [3.05, 3.63) is 30.3 Å². The predicted molar refractivity (Wildman–Crippen MR) is 165 cm³/mol. The van der Waals surface area contributed by atoms with E-state index in [2.05, 4.69) is 12.0 Å². The quantitative estimate of drug-likeness (QED) is 0.101. The van der Waals surface area contributed by atoms with Crippen molar-refractivity contribution in [2.24, 2.45) is 11.0 Å². The van der Waals surface area contributed by atoms with Crippen molar-refractivity contribution < 1.29 is 19.5 Å². The second-order valence-corrected chi connectivity index (χ2v) is 12.4. The number of aliphatic carboxylic acids is 1. The van der Waals surface area contributed by atoms with Gasteiger partial charge in [0.05, 0.1) is 23.7 Å². The molecule has 1 aliphatic rings. The Kier molecular flexibility index (Phi) is 16.5. The summed E-state index contributed by atoms with van der Waals surface area (Å²) in [4.78, 5) is 37.2. The average Bonchev–Trinajstić information content (AvgIpc) is 3.15. The monoisotopic (exact) mass is 594 g/mol. The molecule has 8 heteroatoms. The molecule has 6 nitrogen and oxygen atoms in total. The zero-order valence-electron chi connectivity index (χ0n) is 24.2. The molecule has 0 spiro atoms. The van der Waals surface area contributed by atoms with Crippen molar-refractivity contribution >= 4 is 52.3 Å². The Bertz CT molecular complexity index is 936. The van der Waals surface area contributed by atoms with Gasteiger partial charge in [-0.05, 0) is 18.6 Å². The van der Waals surface area contributed by atoms with Crippen LogP contribution in [0, 0.1) is 5.92 Å². The number of carboxylic acids is 1. The molecule has 0 bridgehead atoms. The number of benzene rings is 1. The van der Waals surface area contributed by atoms with E-state index in [-0.39, 0.29) is 24.3 Å². The molecule has 0 saturated carbocycles. The molecule has 0 saturated heterocycles. The standard InChI is InChI=1S/C32H48Cl2N2O4/c1-2-3-4-5-6-7-8-9-10-11-12-13-14-15-16-18-21-26(30(38)39)24-28(37)25-29-32(33,34)31(40)36(35-29)27-22-19-17-20-23-27/h17,19-20,22-23,26H,2-16,18,21,24-25H2,1H3,(H,38,39). The first-order valence-electron chi connectivity index (χ1n) is 15.4. The molecule has 1 N–H and O–H groups in total. The third-order valence-electron chi connectivity index (χ3n) is 7.64. The minimum Gasteiger partial charge on any atom is -0.481 e. The Hall–Kier alpha value is -1.92. The lowest BCUT2D eigenvalue weighted by Gasteiger charge is -2.16. The van der Waals surface area contributed by atoms with Crippen molar-refractivity contribution in [2.75, 3.05) is 5.01 Å². The van der Waals surface area contributed by atoms with Crippen molar-refractivity contribution in [3.8, 4) is 0 Å². The molecule has 1 atom stereocenters. The van der Waals surface area contributed by atoms with Crippen LogP contribution in [0.3, 0.4) is 0 Å². The molecule has 1 aromatic carbocycles. The SMILES string of the molecule is CCCCCCCCCCCCCCCCCCC(CC(=O)CC1=NN(c2ccccc2)C(=O)C1(Cl)Cl)C(=O)O. The van der Waals surface area contributed by atoms with Gasteiger partial charge in [0.25, 0.3) is 5.91 Å². The molecule has 0 aliphatic carbocycles. The zero-order chi connectivity index (χ0) is 29.2. The van der Waals surface area contributed by atoms with Gasteiger partial charge in [-0.1, -0.05) is 151 Å². The van der Waals surface area contributed by atoms with E-state index >= 15 is 0 Å². The predicted octanol–water partition coefficient (Wildman–Crippen LogP) is 9.26. The van der Waals surface area contributed by atoms with Crippen LogP contribution in [0.5, 0.6) is 0 Å². The van der Waals surface area contributed by atoms with Crippen LogP contribution < -0.4 is 5.01 Å². The van der Waals surface area contributed by atoms with Gasteiger partial charge in [-0.25, -0.2) is 0 Å². The average molecular weight is 596 g/mol. The van der Waals surface area contributed by atoms with E-state index in [0.29, 0.717) is 12.1 Å². The van der Waals surface area contributed by atoms with Crippen LogP contribution in [0.1, 0.15) is 129 Å². The number of Topliss-reactive ketones (excluding diaryl/α,β-unsaturated/α-hetero) is 1. The van der Waals surface area contributed by atoms with Crippen molar-refractivity contribution in [1.29, 1.82) is 0 Å². The summed E-state index contributed by atoms with van der Waals surface area (Å²) in [5, 5.41) is 14.9. The van der Waals surface area contributed by atoms with Gasteiger partial charge < -0.3 is 5.11 Å². The molecule has 1 aliphatic heterocycles. The second kappa shape index (κ2) is 19.2. The summed E-state index contributed by atoms with van der Waals surface area (Å²) in [5.41, 5.74) is 0.522. The number of nitrogens with zero attached hydrogens (tertiary/aromatic N) is 2. The molecule has 1 unspecified atom stereocenters. The summed E-state index contributed by atoms with van der Waals surface area (Å²) in [5.74, 6) is -2.72. The Morgan fingerprint density at radius 1 is 0.825 bits per heavy atom. The van der Waals surface area contributed by atoms with Gasteiger partial charge >= 0.3 is 5.97 Å². The van der Waals surface area contributed by atoms with E-state index in [0.717, 1.165) is 24.3 Å². The van der Waals surface area contributed by atoms with Gasteiger partial charge in [0, 0.05) is 6.42 Å². The van der Waals surface area contributed by atoms with Crippen LogP contribution in [0.15, 0.2) is 35.4 Å². The largest absolute Gasteiger partial charge is 0.481 e. The molecule has 224 valence electrons. The fraction of sp³-hybridized carbons (Fsp3) is 0.688. The Morgan fingerprint density at radius 3 is 1.77 bits per heavy atom. The fourth-order valence-electron chi connectivity index (χ4n) is 5.16. The Balaban J connectivity index is 1.59. The highest BCUT2D eigenvalue weighted by Crippen LogP contribution is 2.36. The summed E-state index contributed by atoms with van der Waals surface area (Å²) in [6, 6.07) is 8.68. The number of carbonyl (C=O) groups excluding carboxylic acids is 2. The van der Waals surface area contributed by atoms with Gasteiger partial charge in [-0.3, -0.25) is 14.4 Å². The van der Waals surface area contributed by atoms with E-state index in [1.165, 1.54) is 83.5 Å². The fourth-order valence-corrected chi connectivity index (χ4v) is 5.53. The molecule has 2 rings (SSSR count). The number of hydrogen-bond acceptors (Lipinski definition) is 4. The summed E-state index contributed by atoms with van der Waals surface area (Å²) in [7, 11) is 0. The third-order valence-corrected chi connectivity index (χ3v) is 8.40. The van der Waals surface area contributed by atoms with Crippen molar-refractivity contribution in [3.63, 3.8) is 0 Å². The van der Waals surface area contributed by atoms with Crippen LogP contribution >= 0.6 is 23.2 Å². The van der Waals surface area contributed by atoms with Crippen molar-refractivity contribution in [1.82, 2.24) is 0 Å². The zero-order valence-corrected chi connectivity index (χ0v) is 25.7. The molecule has 1 aromatic rings. The molecule has 1 heterocycles. The Labute approximate surface area is 250 Å². The summed E-state index contributed by atoms with van der Waals surface area (Å²) in [6.07, 6.45) is 20.2. The molecule has 40 heavy (non-hydrogen) atoms. The molecular weight excluding hydrogens is 547 g/mol. The van der Waals surface area contributed by atoms with E-state index in [1.807, 2.05) is 0 Å². The molecule has 1 amide bonds. The van der Waals surface area contributed by atoms with E-state index < -0.39 is 22.1 Å². The first-order valence-corrected chi connectivity index (χ1v) is 16.1. The summed E-state index contributed by atoms with van der Waals surface area (Å²) >= 11 is 12.5. The molecule has 0 radical (unpaired) electrons. The number of carbonyl (C=O) groups is 3. The number of halogens is 2. The van der Waals surface area contributed by atoms with Gasteiger partial charge in [-0.15, -0.1) is 0 Å². The lowest BCUT2D eigenvalue weighted by molar-refractivity contribution is -0.144. The highest BCUT2D eigenvalue weighted by molar-refractivity contribution is 6.71. The van der Waals surface area contributed by atoms with Crippen LogP contribution in [0.4, 0.5) is 5.69 Å². The number of hydrogen-bond donors (Lipinski definition) is 1. The number of rotatable bonds is 23. The number of amides is 1. The maximum atomic E-state index is 12.7. The number of anilines is 1. The molecular formula is C32H48Cl2N2O4. The molecule has 0 fully saturated rings. The Morgan fingerprint density at radius 2 is 1.30 bits per heavy atom. The first-order chi connectivity index (χ1) is 19.3. The number of hydrazone groups is 1.